The van der Waals surface area contributed by atoms with Crippen LogP contribution >= 0.6 is 11.3 Å². The molecule has 3 N–H and O–H groups in total. The van der Waals surface area contributed by atoms with Crippen LogP contribution in [0.15, 0.2) is 52.6 Å². The molecule has 304 valence electrons. The minimum Gasteiger partial charge on any atom is -0.414 e. The third kappa shape index (κ3) is 8.61. The Labute approximate surface area is 330 Å². The maximum Gasteiger partial charge on any atom is 0.412 e. The Hall–Kier alpha value is -3.25. The highest BCUT2D eigenvalue weighted by Crippen LogP contribution is 2.48. The molecule has 0 radical (unpaired) electrons. The van der Waals surface area contributed by atoms with E-state index in [2.05, 4.69) is 15.5 Å². The summed E-state index contributed by atoms with van der Waals surface area (Å²) in [5.41, 5.74) is 1.73. The van der Waals surface area contributed by atoms with E-state index in [9.17, 15) is 27.1 Å². The highest BCUT2D eigenvalue weighted by atomic mass is 32.2. The molecule has 2 aliphatic carbocycles. The first-order valence-corrected chi connectivity index (χ1v) is 22.1. The van der Waals surface area contributed by atoms with Crippen molar-refractivity contribution in [1.82, 2.24) is 19.5 Å². The molecule has 3 aromatic rings. The minimum absolute atomic E-state index is 0.0133. The SMILES string of the molecule is CC(C)CN(C[C@@H](O)[C@H](Cc1cc(F)cc(F)c1)NC(=O)OC1=C2COC3OCC1CC23)S(=O)(=O)c1ccc2nc(NC3CCN(C4CCCC4)CC3)sc2c1. The van der Waals surface area contributed by atoms with Crippen LogP contribution in [-0.4, -0.2) is 104 Å². The van der Waals surface area contributed by atoms with Gasteiger partial charge < -0.3 is 34.9 Å². The van der Waals surface area contributed by atoms with Gasteiger partial charge in [0.1, 0.15) is 17.4 Å². The summed E-state index contributed by atoms with van der Waals surface area (Å²) >= 11 is 1.41. The van der Waals surface area contributed by atoms with Crippen molar-refractivity contribution < 1.29 is 41.3 Å². The summed E-state index contributed by atoms with van der Waals surface area (Å²) in [5.74, 6) is -1.38. The molecule has 3 saturated heterocycles. The smallest absolute Gasteiger partial charge is 0.412 e. The van der Waals surface area contributed by atoms with Crippen LogP contribution in [0.5, 0.6) is 0 Å². The number of anilines is 1. The van der Waals surface area contributed by atoms with Crippen molar-refractivity contribution in [3.63, 3.8) is 0 Å². The first kappa shape index (κ1) is 39.6. The molecule has 5 aliphatic rings. The molecule has 3 aliphatic heterocycles. The van der Waals surface area contributed by atoms with Crippen LogP contribution in [0.4, 0.5) is 18.7 Å². The van der Waals surface area contributed by atoms with Crippen molar-refractivity contribution in [1.29, 1.82) is 0 Å². The number of nitrogens with zero attached hydrogens (tertiary/aromatic N) is 3. The van der Waals surface area contributed by atoms with Crippen LogP contribution in [-0.2, 0) is 30.7 Å². The highest BCUT2D eigenvalue weighted by Gasteiger charge is 2.49. The number of ether oxygens (including phenoxy) is 3. The lowest BCUT2D eigenvalue weighted by molar-refractivity contribution is -0.161. The van der Waals surface area contributed by atoms with Crippen LogP contribution in [0.1, 0.15) is 64.4 Å². The fraction of sp³-hybridized carbons (Fsp3) is 0.600. The van der Waals surface area contributed by atoms with E-state index in [1.54, 1.807) is 12.1 Å². The first-order valence-electron chi connectivity index (χ1n) is 19.9. The van der Waals surface area contributed by atoms with E-state index in [0.717, 1.165) is 61.3 Å². The number of fused-ring (bicyclic) bond motifs is 2. The lowest BCUT2D eigenvalue weighted by Crippen LogP contribution is -2.51. The Bertz CT molecular complexity index is 2030. The maximum atomic E-state index is 14.3. The molecule has 1 amide bonds. The lowest BCUT2D eigenvalue weighted by atomic mass is 9.99. The fourth-order valence-electron chi connectivity index (χ4n) is 9.10. The monoisotopic (exact) mass is 815 g/mol. The molecule has 0 spiro atoms. The Balaban J connectivity index is 0.980. The number of halogens is 2. The molecule has 12 nitrogen and oxygen atoms in total. The predicted octanol–water partition coefficient (Wildman–Crippen LogP) is 6.02. The quantitative estimate of drug-likeness (QED) is 0.177. The number of hydrogen-bond donors (Lipinski definition) is 3. The van der Waals surface area contributed by atoms with Gasteiger partial charge in [0.2, 0.25) is 10.0 Å². The number of amides is 1. The van der Waals surface area contributed by atoms with Crippen LogP contribution in [0.2, 0.25) is 0 Å². The largest absolute Gasteiger partial charge is 0.414 e. The number of alkyl carbamates (subject to hydrolysis) is 1. The summed E-state index contributed by atoms with van der Waals surface area (Å²) in [4.78, 5) is 20.9. The zero-order chi connectivity index (χ0) is 39.1. The third-order valence-electron chi connectivity index (χ3n) is 11.9. The number of thiazole rings is 1. The van der Waals surface area contributed by atoms with Gasteiger partial charge in [-0.3, -0.25) is 0 Å². The van der Waals surface area contributed by atoms with Crippen LogP contribution in [0.25, 0.3) is 10.2 Å². The van der Waals surface area contributed by atoms with Crippen molar-refractivity contribution in [2.45, 2.75) is 101 Å². The molecule has 2 bridgehead atoms. The second kappa shape index (κ2) is 16.5. The number of aromatic nitrogens is 1. The number of piperidine rings is 1. The summed E-state index contributed by atoms with van der Waals surface area (Å²) < 4.78 is 76.4. The van der Waals surface area contributed by atoms with Crippen molar-refractivity contribution in [3.8, 4) is 0 Å². The van der Waals surface area contributed by atoms with Gasteiger partial charge >= 0.3 is 6.09 Å². The van der Waals surface area contributed by atoms with Gasteiger partial charge in [-0.25, -0.2) is 27.0 Å². The Kier molecular flexibility index (Phi) is 11.7. The molecule has 4 heterocycles. The van der Waals surface area contributed by atoms with Crippen LogP contribution in [0, 0.1) is 29.4 Å². The lowest BCUT2D eigenvalue weighted by Gasteiger charge is -2.36. The number of nitrogens with one attached hydrogen (secondary N) is 2. The van der Waals surface area contributed by atoms with E-state index in [4.69, 9.17) is 19.2 Å². The van der Waals surface area contributed by atoms with Gasteiger partial charge in [0.05, 0.1) is 40.5 Å². The molecular weight excluding hydrogens is 765 g/mol. The van der Waals surface area contributed by atoms with Crippen LogP contribution in [0.3, 0.4) is 0 Å². The summed E-state index contributed by atoms with van der Waals surface area (Å²) in [5, 5.41) is 18.8. The molecule has 2 aromatic carbocycles. The number of benzene rings is 2. The molecule has 3 unspecified atom stereocenters. The second-order valence-corrected chi connectivity index (χ2v) is 19.4. The standard InChI is InChI=1S/C40H51F2N5O7S2/c1-23(2)19-47(56(50,51)30-7-8-33-36(18-30)55-39(44-33)43-28-9-11-46(12-10-28)29-5-3-4-6-29)20-35(48)34(15-24-13-26(41)17-27(42)14-24)45-40(49)54-37-25-16-31-32(37)22-53-38(31)52-21-25/h7-8,13-14,17-18,23,25,28-29,31,34-35,38,48H,3-6,9-12,15-16,19-22H2,1-2H3,(H,43,44)(H,45,49)/t25?,31?,34-,35+,38?/m0/s1. The number of sulfonamides is 1. The van der Waals surface area contributed by atoms with Gasteiger partial charge in [-0.2, -0.15) is 4.31 Å². The van der Waals surface area contributed by atoms with E-state index in [1.807, 2.05) is 13.8 Å². The van der Waals surface area contributed by atoms with E-state index in [1.165, 1.54) is 47.4 Å². The number of likely N-dealkylation sites (tertiary alicyclic amines) is 1. The fourth-order valence-corrected chi connectivity index (χ4v) is 11.8. The van der Waals surface area contributed by atoms with E-state index in [0.29, 0.717) is 34.7 Å². The molecule has 1 aromatic heterocycles. The molecule has 8 rings (SSSR count). The average molecular weight is 816 g/mol. The molecule has 5 atom stereocenters. The summed E-state index contributed by atoms with van der Waals surface area (Å²) in [6.07, 6.45) is 5.12. The maximum absolute atomic E-state index is 14.3. The molecule has 16 heteroatoms. The first-order chi connectivity index (χ1) is 26.9. The molecule has 4 fully saturated rings. The number of hydrogen-bond acceptors (Lipinski definition) is 11. The number of aliphatic hydroxyl groups is 1. The van der Waals surface area contributed by atoms with Gasteiger partial charge in [-0.05, 0) is 80.3 Å². The van der Waals surface area contributed by atoms with Gasteiger partial charge in [-0.15, -0.1) is 0 Å². The van der Waals surface area contributed by atoms with E-state index in [-0.39, 0.29) is 54.1 Å². The zero-order valence-electron chi connectivity index (χ0n) is 31.8. The third-order valence-corrected chi connectivity index (χ3v) is 14.6. The number of rotatable bonds is 14. The summed E-state index contributed by atoms with van der Waals surface area (Å²) in [6, 6.07) is 7.65. The van der Waals surface area contributed by atoms with E-state index < -0.39 is 46.4 Å². The number of aliphatic hydroxyl groups excluding tert-OH is 1. The summed E-state index contributed by atoms with van der Waals surface area (Å²) in [7, 11) is -4.17. The normalized spacial score (nSPS) is 24.4. The Morgan fingerprint density at radius 1 is 1.07 bits per heavy atom. The van der Waals surface area contributed by atoms with Crippen molar-refractivity contribution in [2.24, 2.45) is 17.8 Å². The number of carbonyl (C=O) groups is 1. The molecule has 1 saturated carbocycles. The predicted molar refractivity (Wildman–Crippen MR) is 207 cm³/mol. The average Bonchev–Trinajstić information content (AvgIpc) is 3.95. The Morgan fingerprint density at radius 3 is 2.55 bits per heavy atom. The second-order valence-electron chi connectivity index (χ2n) is 16.4. The topological polar surface area (TPSA) is 143 Å². The van der Waals surface area contributed by atoms with Gasteiger partial charge in [0.15, 0.2) is 11.4 Å². The van der Waals surface area contributed by atoms with Crippen molar-refractivity contribution >= 4 is 42.8 Å². The molecule has 56 heavy (non-hydrogen) atoms. The minimum atomic E-state index is -4.17. The highest BCUT2D eigenvalue weighted by molar-refractivity contribution is 7.89. The number of carbonyl (C=O) groups excluding carboxylic acids is 1. The summed E-state index contributed by atoms with van der Waals surface area (Å²) in [6.45, 7) is 6.16. The van der Waals surface area contributed by atoms with Gasteiger partial charge in [0, 0.05) is 61.7 Å². The Morgan fingerprint density at radius 2 is 1.82 bits per heavy atom. The van der Waals surface area contributed by atoms with Crippen molar-refractivity contribution in [2.75, 3.05) is 44.7 Å². The van der Waals surface area contributed by atoms with Gasteiger partial charge in [0.25, 0.3) is 0 Å². The van der Waals surface area contributed by atoms with Crippen LogP contribution < -0.4 is 10.6 Å². The molecular formula is C40H51F2N5O7S2. The zero-order valence-corrected chi connectivity index (χ0v) is 33.4. The van der Waals surface area contributed by atoms with Gasteiger partial charge in [-0.1, -0.05) is 38.0 Å². The van der Waals surface area contributed by atoms with Crippen molar-refractivity contribution in [3.05, 3.63) is 64.9 Å². The van der Waals surface area contributed by atoms with E-state index >= 15 is 0 Å².